The van der Waals surface area contributed by atoms with Gasteiger partial charge in [0.1, 0.15) is 0 Å². The van der Waals surface area contributed by atoms with E-state index in [-0.39, 0.29) is 5.54 Å². The lowest BCUT2D eigenvalue weighted by atomic mass is 9.85. The highest BCUT2D eigenvalue weighted by molar-refractivity contribution is 4.88. The first-order chi connectivity index (χ1) is 7.16. The van der Waals surface area contributed by atoms with Gasteiger partial charge in [-0.25, -0.2) is 0 Å². The van der Waals surface area contributed by atoms with Crippen LogP contribution in [0.1, 0.15) is 60.3 Å². The van der Waals surface area contributed by atoms with Crippen LogP contribution in [0.4, 0.5) is 0 Å². The lowest BCUT2D eigenvalue weighted by Crippen LogP contribution is -2.49. The van der Waals surface area contributed by atoms with Crippen LogP contribution in [0.2, 0.25) is 0 Å². The maximum atomic E-state index is 6.21. The number of hydrogen-bond acceptors (Lipinski definition) is 2. The fourth-order valence-corrected chi connectivity index (χ4v) is 1.81. The molecule has 1 aliphatic rings. The van der Waals surface area contributed by atoms with E-state index >= 15 is 0 Å². The van der Waals surface area contributed by atoms with Gasteiger partial charge in [-0.3, -0.25) is 0 Å². The van der Waals surface area contributed by atoms with Crippen molar-refractivity contribution in [3.8, 4) is 0 Å². The first-order valence-corrected chi connectivity index (χ1v) is 6.64. The van der Waals surface area contributed by atoms with Gasteiger partial charge in [-0.05, 0) is 39.4 Å². The normalized spacial score (nSPS) is 19.4. The van der Waals surface area contributed by atoms with E-state index in [1.165, 1.54) is 38.8 Å². The van der Waals surface area contributed by atoms with E-state index in [2.05, 4.69) is 18.9 Å². The van der Waals surface area contributed by atoms with Gasteiger partial charge in [0.2, 0.25) is 0 Å². The van der Waals surface area contributed by atoms with E-state index in [1.54, 1.807) is 0 Å². The predicted molar refractivity (Wildman–Crippen MR) is 71.3 cm³/mol. The van der Waals surface area contributed by atoms with Crippen LogP contribution in [0.3, 0.4) is 0 Å². The number of nitrogens with two attached hydrogens (primary N) is 1. The molecule has 0 aliphatic carbocycles. The molecule has 1 rings (SSSR count). The van der Waals surface area contributed by atoms with Crippen molar-refractivity contribution in [1.29, 1.82) is 0 Å². The fraction of sp³-hybridized carbons (Fsp3) is 1.00. The molecule has 0 radical (unpaired) electrons. The first kappa shape index (κ1) is 17.3. The summed E-state index contributed by atoms with van der Waals surface area (Å²) in [5.74, 6) is 0. The Bertz CT molecular complexity index is 116. The van der Waals surface area contributed by atoms with Crippen LogP contribution < -0.4 is 5.73 Å². The highest BCUT2D eigenvalue weighted by Gasteiger charge is 2.27. The third-order valence-electron chi connectivity index (χ3n) is 2.73. The molecule has 0 aromatic carbocycles. The third-order valence-corrected chi connectivity index (χ3v) is 2.73. The molecule has 0 atom stereocenters. The summed E-state index contributed by atoms with van der Waals surface area (Å²) in [5, 5.41) is 0. The minimum Gasteiger partial charge on any atom is -0.325 e. The maximum absolute atomic E-state index is 6.21. The van der Waals surface area contributed by atoms with Gasteiger partial charge in [-0.1, -0.05) is 41.0 Å². The van der Waals surface area contributed by atoms with Crippen LogP contribution in [-0.2, 0) is 0 Å². The van der Waals surface area contributed by atoms with Gasteiger partial charge in [0, 0.05) is 5.54 Å². The number of rotatable bonds is 2. The highest BCUT2D eigenvalue weighted by Crippen LogP contribution is 2.23. The summed E-state index contributed by atoms with van der Waals surface area (Å²) in [6.45, 7) is 12.6. The van der Waals surface area contributed by atoms with E-state index < -0.39 is 0 Å². The molecule has 1 heterocycles. The van der Waals surface area contributed by atoms with Crippen molar-refractivity contribution < 1.29 is 0 Å². The number of hydrogen-bond donors (Lipinski definition) is 1. The summed E-state index contributed by atoms with van der Waals surface area (Å²) >= 11 is 0. The zero-order valence-electron chi connectivity index (χ0n) is 11.8. The molecule has 2 heteroatoms. The zero-order chi connectivity index (χ0) is 12.3. The summed E-state index contributed by atoms with van der Waals surface area (Å²) in [5.41, 5.74) is 6.37. The standard InChI is InChI=1S/C9H20N2.2C2H6/c1-3-4-9(10)5-7-11(2)8-6-9;2*1-2/h3-8,10H2,1-2H3;2*1-2H3. The van der Waals surface area contributed by atoms with Crippen molar-refractivity contribution in [2.45, 2.75) is 65.8 Å². The Morgan fingerprint density at radius 3 is 1.80 bits per heavy atom. The van der Waals surface area contributed by atoms with Gasteiger partial charge in [0.05, 0.1) is 0 Å². The molecule has 0 amide bonds. The molecule has 0 bridgehead atoms. The molecule has 2 nitrogen and oxygen atoms in total. The monoisotopic (exact) mass is 216 g/mol. The number of likely N-dealkylation sites (tertiary alicyclic amines) is 1. The number of nitrogens with zero attached hydrogens (tertiary/aromatic N) is 1. The molecule has 1 saturated heterocycles. The van der Waals surface area contributed by atoms with Crippen molar-refractivity contribution in [3.63, 3.8) is 0 Å². The van der Waals surface area contributed by atoms with E-state index in [0.29, 0.717) is 0 Å². The van der Waals surface area contributed by atoms with Crippen LogP contribution in [0, 0.1) is 0 Å². The van der Waals surface area contributed by atoms with Crippen molar-refractivity contribution in [2.24, 2.45) is 5.73 Å². The van der Waals surface area contributed by atoms with Crippen molar-refractivity contribution in [1.82, 2.24) is 4.90 Å². The quantitative estimate of drug-likeness (QED) is 0.767. The molecule has 0 spiro atoms. The maximum Gasteiger partial charge on any atom is 0.0178 e. The van der Waals surface area contributed by atoms with Crippen molar-refractivity contribution in [2.75, 3.05) is 20.1 Å². The highest BCUT2D eigenvalue weighted by atomic mass is 15.1. The topological polar surface area (TPSA) is 29.3 Å². The Morgan fingerprint density at radius 1 is 1.07 bits per heavy atom. The van der Waals surface area contributed by atoms with Crippen LogP contribution >= 0.6 is 0 Å². The predicted octanol–water partition coefficient (Wildman–Crippen LogP) is 3.26. The molecule has 1 aliphatic heterocycles. The Balaban J connectivity index is 0. The molecule has 2 N–H and O–H groups in total. The van der Waals surface area contributed by atoms with Crippen LogP contribution in [0.15, 0.2) is 0 Å². The SMILES string of the molecule is CC.CC.CCCC1(N)CCN(C)CC1. The van der Waals surface area contributed by atoms with E-state index in [0.717, 1.165) is 0 Å². The minimum absolute atomic E-state index is 0.168. The summed E-state index contributed by atoms with van der Waals surface area (Å²) in [6.07, 6.45) is 4.77. The average Bonchev–Trinajstić information content (AvgIpc) is 2.29. The van der Waals surface area contributed by atoms with E-state index in [1.807, 2.05) is 27.7 Å². The molecule has 94 valence electrons. The summed E-state index contributed by atoms with van der Waals surface area (Å²) in [4.78, 5) is 2.36. The van der Waals surface area contributed by atoms with Gasteiger partial charge in [-0.2, -0.15) is 0 Å². The second kappa shape index (κ2) is 10.4. The first-order valence-electron chi connectivity index (χ1n) is 6.64. The molecule has 0 aromatic heterocycles. The summed E-state index contributed by atoms with van der Waals surface area (Å²) in [7, 11) is 2.17. The minimum atomic E-state index is 0.168. The summed E-state index contributed by atoms with van der Waals surface area (Å²) < 4.78 is 0. The molecule has 0 saturated carbocycles. The molecular formula is C13H32N2. The van der Waals surface area contributed by atoms with Crippen LogP contribution in [0.25, 0.3) is 0 Å². The van der Waals surface area contributed by atoms with Crippen molar-refractivity contribution in [3.05, 3.63) is 0 Å². The van der Waals surface area contributed by atoms with E-state index in [4.69, 9.17) is 5.73 Å². The van der Waals surface area contributed by atoms with Gasteiger partial charge in [-0.15, -0.1) is 0 Å². The smallest absolute Gasteiger partial charge is 0.0178 e. The fourth-order valence-electron chi connectivity index (χ4n) is 1.81. The lowest BCUT2D eigenvalue weighted by Gasteiger charge is -2.37. The molecule has 0 aromatic rings. The zero-order valence-corrected chi connectivity index (χ0v) is 11.8. The second-order valence-corrected chi connectivity index (χ2v) is 3.92. The third kappa shape index (κ3) is 7.80. The Labute approximate surface area is 97.2 Å². The molecule has 0 unspecified atom stereocenters. The van der Waals surface area contributed by atoms with Gasteiger partial charge < -0.3 is 10.6 Å². The van der Waals surface area contributed by atoms with Gasteiger partial charge in [0.25, 0.3) is 0 Å². The largest absolute Gasteiger partial charge is 0.325 e. The lowest BCUT2D eigenvalue weighted by molar-refractivity contribution is 0.181. The Hall–Kier alpha value is -0.0800. The number of piperidine rings is 1. The van der Waals surface area contributed by atoms with E-state index in [9.17, 15) is 0 Å². The van der Waals surface area contributed by atoms with Crippen LogP contribution in [-0.4, -0.2) is 30.6 Å². The van der Waals surface area contributed by atoms with Gasteiger partial charge >= 0.3 is 0 Å². The summed E-state index contributed by atoms with van der Waals surface area (Å²) in [6, 6.07) is 0. The van der Waals surface area contributed by atoms with Crippen molar-refractivity contribution >= 4 is 0 Å². The van der Waals surface area contributed by atoms with Crippen LogP contribution in [0.5, 0.6) is 0 Å². The Kier molecular flexibility index (Phi) is 12.1. The molecular weight excluding hydrogens is 184 g/mol. The average molecular weight is 216 g/mol. The molecule has 1 fully saturated rings. The molecule has 15 heavy (non-hydrogen) atoms. The van der Waals surface area contributed by atoms with Gasteiger partial charge in [0.15, 0.2) is 0 Å². The Morgan fingerprint density at radius 2 is 1.47 bits per heavy atom. The second-order valence-electron chi connectivity index (χ2n) is 3.92.